The highest BCUT2D eigenvalue weighted by Gasteiger charge is 2.15. The van der Waals surface area contributed by atoms with Crippen LogP contribution in [0.25, 0.3) is 0 Å². The third-order valence-electron chi connectivity index (χ3n) is 3.52. The highest BCUT2D eigenvalue weighted by Crippen LogP contribution is 2.27. The molecule has 0 saturated carbocycles. The van der Waals surface area contributed by atoms with Crippen LogP contribution in [0.2, 0.25) is 5.15 Å². The molecule has 0 unspecified atom stereocenters. The molecule has 0 saturated heterocycles. The molecule has 0 spiro atoms. The van der Waals surface area contributed by atoms with Crippen LogP contribution in [0.5, 0.6) is 0 Å². The van der Waals surface area contributed by atoms with Gasteiger partial charge in [-0.1, -0.05) is 41.9 Å². The van der Waals surface area contributed by atoms with Gasteiger partial charge < -0.3 is 5.73 Å². The van der Waals surface area contributed by atoms with E-state index in [0.717, 1.165) is 5.56 Å². The molecule has 25 heavy (non-hydrogen) atoms. The minimum absolute atomic E-state index is 0.0759. The Kier molecular flexibility index (Phi) is 4.72. The Bertz CT molecular complexity index is 958. The van der Waals surface area contributed by atoms with Crippen molar-refractivity contribution < 1.29 is 4.92 Å². The van der Waals surface area contributed by atoms with Gasteiger partial charge in [0.05, 0.1) is 10.6 Å². The number of pyridine rings is 1. The summed E-state index contributed by atoms with van der Waals surface area (Å²) >= 11 is 6.11. The predicted molar refractivity (Wildman–Crippen MR) is 98.5 cm³/mol. The van der Waals surface area contributed by atoms with E-state index in [4.69, 9.17) is 17.3 Å². The summed E-state index contributed by atoms with van der Waals surface area (Å²) in [5.41, 5.74) is 8.67. The summed E-state index contributed by atoms with van der Waals surface area (Å²) in [4.78, 5) is 19.1. The van der Waals surface area contributed by atoms with Crippen molar-refractivity contribution in [3.05, 3.63) is 93.3 Å². The Hall–Kier alpha value is -3.25. The molecular weight excluding hydrogens is 340 g/mol. The number of non-ortho nitro benzene ring substituents is 1. The van der Waals surface area contributed by atoms with Crippen LogP contribution in [0, 0.1) is 10.1 Å². The molecule has 1 aromatic heterocycles. The maximum atomic E-state index is 10.9. The first-order valence-electron chi connectivity index (χ1n) is 7.35. The minimum atomic E-state index is -0.489. The number of nitro groups is 1. The number of nitrogens with zero attached hydrogens (tertiary/aromatic N) is 3. The Labute approximate surface area is 148 Å². The smallest absolute Gasteiger partial charge is 0.271 e. The molecule has 2 N–H and O–H groups in total. The molecule has 0 atom stereocenters. The number of aromatic nitrogens is 1. The molecule has 3 aromatic rings. The van der Waals surface area contributed by atoms with Crippen LogP contribution in [0.3, 0.4) is 0 Å². The molecule has 0 aliphatic carbocycles. The fraction of sp³-hybridized carbons (Fsp3) is 0. The van der Waals surface area contributed by atoms with Gasteiger partial charge in [-0.05, 0) is 18.2 Å². The largest absolute Gasteiger partial charge is 0.398 e. The predicted octanol–water partition coefficient (Wildman–Crippen LogP) is 4.39. The van der Waals surface area contributed by atoms with Crippen molar-refractivity contribution in [2.45, 2.75) is 0 Å². The summed E-state index contributed by atoms with van der Waals surface area (Å²) in [6.45, 7) is 0. The summed E-state index contributed by atoms with van der Waals surface area (Å²) < 4.78 is 0. The monoisotopic (exact) mass is 352 g/mol. The summed E-state index contributed by atoms with van der Waals surface area (Å²) in [7, 11) is 0. The summed E-state index contributed by atoms with van der Waals surface area (Å²) in [6.07, 6.45) is 1.57. The van der Waals surface area contributed by atoms with Crippen molar-refractivity contribution in [2.24, 2.45) is 4.99 Å². The quantitative estimate of drug-likeness (QED) is 0.247. The highest BCUT2D eigenvalue weighted by molar-refractivity contribution is 6.32. The van der Waals surface area contributed by atoms with Crippen LogP contribution < -0.4 is 5.73 Å². The highest BCUT2D eigenvalue weighted by atomic mass is 35.5. The van der Waals surface area contributed by atoms with E-state index in [9.17, 15) is 10.1 Å². The van der Waals surface area contributed by atoms with Crippen LogP contribution in [0.4, 0.5) is 17.1 Å². The summed E-state index contributed by atoms with van der Waals surface area (Å²) in [5.74, 6) is 0. The van der Waals surface area contributed by atoms with Crippen LogP contribution in [0.15, 0.2) is 71.9 Å². The number of benzene rings is 2. The lowest BCUT2D eigenvalue weighted by atomic mass is 10.00. The van der Waals surface area contributed by atoms with Crippen molar-refractivity contribution in [3.8, 4) is 0 Å². The molecule has 0 fully saturated rings. The SMILES string of the molecule is Nc1cc([N+](=O)[O-])ccc1/C(=N\c1cccnc1Cl)c1ccccc1. The number of hydrogen-bond acceptors (Lipinski definition) is 5. The van der Waals surface area contributed by atoms with Crippen molar-refractivity contribution in [1.29, 1.82) is 0 Å². The van der Waals surface area contributed by atoms with E-state index in [1.807, 2.05) is 30.3 Å². The maximum absolute atomic E-state index is 10.9. The number of nitrogen functional groups attached to an aromatic ring is 1. The second kappa shape index (κ2) is 7.11. The third-order valence-corrected chi connectivity index (χ3v) is 3.81. The second-order valence-electron chi connectivity index (χ2n) is 5.17. The first-order valence-corrected chi connectivity index (χ1v) is 7.73. The molecule has 0 radical (unpaired) electrons. The molecule has 124 valence electrons. The van der Waals surface area contributed by atoms with Gasteiger partial charge in [0, 0.05) is 35.1 Å². The fourth-order valence-corrected chi connectivity index (χ4v) is 2.50. The number of hydrogen-bond donors (Lipinski definition) is 1. The zero-order valence-electron chi connectivity index (χ0n) is 13.0. The minimum Gasteiger partial charge on any atom is -0.398 e. The van der Waals surface area contributed by atoms with Gasteiger partial charge in [0.15, 0.2) is 5.15 Å². The van der Waals surface area contributed by atoms with E-state index >= 15 is 0 Å². The van der Waals surface area contributed by atoms with Gasteiger partial charge in [-0.25, -0.2) is 9.98 Å². The Morgan fingerprint density at radius 3 is 2.52 bits per heavy atom. The lowest BCUT2D eigenvalue weighted by molar-refractivity contribution is -0.384. The second-order valence-corrected chi connectivity index (χ2v) is 5.53. The number of rotatable bonds is 4. The summed E-state index contributed by atoms with van der Waals surface area (Å²) in [6, 6.07) is 17.2. The van der Waals surface area contributed by atoms with Crippen LogP contribution in [-0.2, 0) is 0 Å². The molecule has 0 amide bonds. The normalized spacial score (nSPS) is 11.3. The molecule has 1 heterocycles. The number of nitrogens with two attached hydrogens (primary N) is 1. The number of anilines is 1. The van der Waals surface area contributed by atoms with Gasteiger partial charge in [-0.2, -0.15) is 0 Å². The van der Waals surface area contributed by atoms with E-state index in [0.29, 0.717) is 17.0 Å². The number of nitro benzene ring substituents is 1. The van der Waals surface area contributed by atoms with E-state index in [1.165, 1.54) is 12.1 Å². The van der Waals surface area contributed by atoms with E-state index in [2.05, 4.69) is 9.98 Å². The molecular formula is C18H13ClN4O2. The van der Waals surface area contributed by atoms with Crippen molar-refractivity contribution in [1.82, 2.24) is 4.98 Å². The van der Waals surface area contributed by atoms with E-state index in [-0.39, 0.29) is 16.5 Å². The molecule has 2 aromatic carbocycles. The Balaban J connectivity index is 2.19. The van der Waals surface area contributed by atoms with Crippen LogP contribution >= 0.6 is 11.6 Å². The Morgan fingerprint density at radius 2 is 1.88 bits per heavy atom. The average Bonchev–Trinajstić information content (AvgIpc) is 2.62. The van der Waals surface area contributed by atoms with Gasteiger partial charge in [-0.15, -0.1) is 0 Å². The lowest BCUT2D eigenvalue weighted by Gasteiger charge is -2.10. The maximum Gasteiger partial charge on any atom is 0.271 e. The van der Waals surface area contributed by atoms with Crippen molar-refractivity contribution in [2.75, 3.05) is 5.73 Å². The Morgan fingerprint density at radius 1 is 1.12 bits per heavy atom. The lowest BCUT2D eigenvalue weighted by Crippen LogP contribution is -2.07. The standard InChI is InChI=1S/C18H13ClN4O2/c19-18-16(7-4-10-21-18)22-17(12-5-2-1-3-6-12)14-9-8-13(23(24)25)11-15(14)20/h1-11H,20H2/b22-17-. The van der Waals surface area contributed by atoms with E-state index < -0.39 is 4.92 Å². The van der Waals surface area contributed by atoms with Crippen LogP contribution in [-0.4, -0.2) is 15.6 Å². The molecule has 0 bridgehead atoms. The molecule has 6 nitrogen and oxygen atoms in total. The van der Waals surface area contributed by atoms with E-state index in [1.54, 1.807) is 24.4 Å². The van der Waals surface area contributed by atoms with Gasteiger partial charge >= 0.3 is 0 Å². The summed E-state index contributed by atoms with van der Waals surface area (Å²) in [5, 5.41) is 11.2. The van der Waals surface area contributed by atoms with Gasteiger partial charge in [0.2, 0.25) is 0 Å². The average molecular weight is 353 g/mol. The third kappa shape index (κ3) is 3.64. The first-order chi connectivity index (χ1) is 12.1. The molecule has 0 aliphatic rings. The van der Waals surface area contributed by atoms with Gasteiger partial charge in [-0.3, -0.25) is 10.1 Å². The fourth-order valence-electron chi connectivity index (χ4n) is 2.34. The van der Waals surface area contributed by atoms with Crippen LogP contribution in [0.1, 0.15) is 11.1 Å². The molecule has 3 rings (SSSR count). The topological polar surface area (TPSA) is 94.4 Å². The zero-order chi connectivity index (χ0) is 17.8. The van der Waals surface area contributed by atoms with Crippen molar-refractivity contribution in [3.63, 3.8) is 0 Å². The van der Waals surface area contributed by atoms with Crippen molar-refractivity contribution >= 4 is 34.4 Å². The first kappa shape index (κ1) is 16.6. The molecule has 0 aliphatic heterocycles. The number of aliphatic imine (C=N–C) groups is 1. The molecule has 7 heteroatoms. The van der Waals surface area contributed by atoms with Gasteiger partial charge in [0.1, 0.15) is 5.69 Å². The zero-order valence-corrected chi connectivity index (χ0v) is 13.7. The number of halogens is 1. The van der Waals surface area contributed by atoms with Gasteiger partial charge in [0.25, 0.3) is 5.69 Å².